The maximum Gasteiger partial charge on any atom is 0.255 e. The number of carbonyl (C=O) groups excluding carboxylic acids is 1. The predicted molar refractivity (Wildman–Crippen MR) is 78.4 cm³/mol. The second kappa shape index (κ2) is 6.72. The summed E-state index contributed by atoms with van der Waals surface area (Å²) in [5.74, 6) is -0.307. The van der Waals surface area contributed by atoms with E-state index < -0.39 is 5.91 Å². The van der Waals surface area contributed by atoms with Crippen molar-refractivity contribution >= 4 is 28.3 Å². The lowest BCUT2D eigenvalue weighted by atomic mass is 10.2. The Bertz CT molecular complexity index is 426. The molecule has 0 atom stereocenters. The zero-order valence-electron chi connectivity index (χ0n) is 11.0. The van der Waals surface area contributed by atoms with Crippen molar-refractivity contribution in [3.05, 3.63) is 5.56 Å². The van der Waals surface area contributed by atoms with E-state index in [1.807, 2.05) is 0 Å². The van der Waals surface area contributed by atoms with Gasteiger partial charge in [0.2, 0.25) is 0 Å². The number of carbonyl (C=O) groups is 1. The number of amides is 1. The summed E-state index contributed by atoms with van der Waals surface area (Å²) in [7, 11) is 0. The average molecular weight is 283 g/mol. The summed E-state index contributed by atoms with van der Waals surface area (Å²) >= 11 is 1.19. The van der Waals surface area contributed by atoms with Crippen LogP contribution in [0.3, 0.4) is 0 Å². The van der Waals surface area contributed by atoms with E-state index in [9.17, 15) is 4.79 Å². The molecule has 0 unspecified atom stereocenters. The number of aromatic nitrogens is 1. The van der Waals surface area contributed by atoms with E-state index in [4.69, 9.17) is 11.5 Å². The summed E-state index contributed by atoms with van der Waals surface area (Å²) in [4.78, 5) is 13.7. The number of anilines is 2. The Balaban J connectivity index is 1.83. The number of nitrogens with zero attached hydrogens (tertiary/aromatic N) is 2. The Morgan fingerprint density at radius 3 is 2.63 bits per heavy atom. The van der Waals surface area contributed by atoms with Gasteiger partial charge in [0.15, 0.2) is 5.82 Å². The highest BCUT2D eigenvalue weighted by molar-refractivity contribution is 7.11. The summed E-state index contributed by atoms with van der Waals surface area (Å²) < 4.78 is 3.96. The van der Waals surface area contributed by atoms with Gasteiger partial charge in [-0.2, -0.15) is 4.37 Å². The summed E-state index contributed by atoms with van der Waals surface area (Å²) in [6.07, 6.45) is 5.22. The van der Waals surface area contributed by atoms with E-state index in [-0.39, 0.29) is 5.82 Å². The van der Waals surface area contributed by atoms with Crippen LogP contribution in [0, 0.1) is 0 Å². The normalized spacial score (nSPS) is 17.1. The van der Waals surface area contributed by atoms with Crippen molar-refractivity contribution in [3.63, 3.8) is 0 Å². The van der Waals surface area contributed by atoms with Gasteiger partial charge < -0.3 is 21.7 Å². The molecule has 1 saturated heterocycles. The van der Waals surface area contributed by atoms with Gasteiger partial charge in [0, 0.05) is 13.1 Å². The van der Waals surface area contributed by atoms with Gasteiger partial charge in [-0.3, -0.25) is 4.79 Å². The summed E-state index contributed by atoms with van der Waals surface area (Å²) in [5, 5.41) is 3.90. The van der Waals surface area contributed by atoms with Gasteiger partial charge in [0.05, 0.1) is 0 Å². The molecule has 7 heteroatoms. The van der Waals surface area contributed by atoms with E-state index in [1.165, 1.54) is 37.2 Å². The average Bonchev–Trinajstić information content (AvgIpc) is 2.60. The number of rotatable bonds is 5. The second-order valence-corrected chi connectivity index (χ2v) is 5.59. The van der Waals surface area contributed by atoms with Gasteiger partial charge in [0.25, 0.3) is 5.91 Å². The van der Waals surface area contributed by atoms with Crippen molar-refractivity contribution in [2.24, 2.45) is 5.73 Å². The van der Waals surface area contributed by atoms with Crippen LogP contribution in [0.4, 0.5) is 10.8 Å². The number of nitrogens with one attached hydrogen (secondary N) is 1. The zero-order valence-corrected chi connectivity index (χ0v) is 11.8. The Kier molecular flexibility index (Phi) is 4.98. The molecule has 5 N–H and O–H groups in total. The molecule has 19 heavy (non-hydrogen) atoms. The van der Waals surface area contributed by atoms with Gasteiger partial charge >= 0.3 is 0 Å². The lowest BCUT2D eigenvalue weighted by molar-refractivity contribution is 0.100. The standard InChI is InChI=1S/C12H21N5OS/c13-10-9(11(14)18)12(19-16-10)15-5-8-17-6-3-1-2-4-7-17/h15H,1-8H2,(H2,13,16)(H2,14,18). The van der Waals surface area contributed by atoms with Crippen LogP contribution in [0.1, 0.15) is 36.0 Å². The van der Waals surface area contributed by atoms with Crippen molar-refractivity contribution in [2.45, 2.75) is 25.7 Å². The predicted octanol–water partition coefficient (Wildman–Crippen LogP) is 1.11. The zero-order chi connectivity index (χ0) is 13.7. The molecule has 0 radical (unpaired) electrons. The smallest absolute Gasteiger partial charge is 0.255 e. The van der Waals surface area contributed by atoms with Crippen molar-refractivity contribution in [3.8, 4) is 0 Å². The molecule has 6 nitrogen and oxygen atoms in total. The van der Waals surface area contributed by atoms with Gasteiger partial charge in [-0.25, -0.2) is 0 Å². The first-order valence-corrected chi connectivity index (χ1v) is 7.47. The maximum absolute atomic E-state index is 11.3. The maximum atomic E-state index is 11.3. The third-order valence-corrected chi connectivity index (χ3v) is 4.20. The topological polar surface area (TPSA) is 97.3 Å². The third-order valence-electron chi connectivity index (χ3n) is 3.38. The van der Waals surface area contributed by atoms with Crippen molar-refractivity contribution in [1.82, 2.24) is 9.27 Å². The number of hydrogen-bond acceptors (Lipinski definition) is 6. The number of nitrogens with two attached hydrogens (primary N) is 2. The first kappa shape index (κ1) is 14.1. The number of likely N-dealkylation sites (tertiary alicyclic amines) is 1. The largest absolute Gasteiger partial charge is 0.382 e. The molecule has 2 rings (SSSR count). The van der Waals surface area contributed by atoms with Crippen LogP contribution in [0.5, 0.6) is 0 Å². The van der Waals surface area contributed by atoms with E-state index in [0.29, 0.717) is 10.6 Å². The third kappa shape index (κ3) is 3.81. The molecule has 2 heterocycles. The Morgan fingerprint density at radius 1 is 1.32 bits per heavy atom. The number of nitrogen functional groups attached to an aromatic ring is 1. The first-order valence-electron chi connectivity index (χ1n) is 6.69. The summed E-state index contributed by atoms with van der Waals surface area (Å²) in [5.41, 5.74) is 11.2. The van der Waals surface area contributed by atoms with Crippen molar-refractivity contribution in [2.75, 3.05) is 37.2 Å². The molecule has 1 amide bonds. The van der Waals surface area contributed by atoms with E-state index >= 15 is 0 Å². The van der Waals surface area contributed by atoms with Crippen molar-refractivity contribution < 1.29 is 4.79 Å². The fourth-order valence-electron chi connectivity index (χ4n) is 2.35. The van der Waals surface area contributed by atoms with Crippen LogP contribution < -0.4 is 16.8 Å². The van der Waals surface area contributed by atoms with E-state index in [1.54, 1.807) is 0 Å². The highest BCUT2D eigenvalue weighted by Crippen LogP contribution is 2.25. The van der Waals surface area contributed by atoms with E-state index in [2.05, 4.69) is 14.6 Å². The van der Waals surface area contributed by atoms with Crippen LogP contribution in [0.15, 0.2) is 0 Å². The molecular formula is C12H21N5OS. The fourth-order valence-corrected chi connectivity index (χ4v) is 3.09. The van der Waals surface area contributed by atoms with Gasteiger partial charge in [0.1, 0.15) is 10.6 Å². The number of primary amides is 1. The highest BCUT2D eigenvalue weighted by Gasteiger charge is 2.16. The molecule has 0 saturated carbocycles. The number of hydrogen-bond donors (Lipinski definition) is 3. The summed E-state index contributed by atoms with van der Waals surface area (Å²) in [6.45, 7) is 4.07. The molecule has 1 fully saturated rings. The molecule has 1 aliphatic heterocycles. The van der Waals surface area contributed by atoms with Crippen molar-refractivity contribution in [1.29, 1.82) is 0 Å². The molecule has 1 aliphatic rings. The van der Waals surface area contributed by atoms with Crippen LogP contribution >= 0.6 is 11.5 Å². The molecular weight excluding hydrogens is 262 g/mol. The van der Waals surface area contributed by atoms with Gasteiger partial charge in [-0.05, 0) is 37.5 Å². The Hall–Kier alpha value is -1.34. The van der Waals surface area contributed by atoms with Crippen LogP contribution in [0.25, 0.3) is 0 Å². The lowest BCUT2D eigenvalue weighted by Crippen LogP contribution is -2.30. The van der Waals surface area contributed by atoms with Crippen LogP contribution in [-0.4, -0.2) is 41.4 Å². The quantitative estimate of drug-likeness (QED) is 0.752. The minimum Gasteiger partial charge on any atom is -0.382 e. The first-order chi connectivity index (χ1) is 9.18. The van der Waals surface area contributed by atoms with Crippen LogP contribution in [-0.2, 0) is 0 Å². The van der Waals surface area contributed by atoms with Crippen LogP contribution in [0.2, 0.25) is 0 Å². The second-order valence-electron chi connectivity index (χ2n) is 4.82. The molecule has 1 aromatic heterocycles. The fraction of sp³-hybridized carbons (Fsp3) is 0.667. The molecule has 0 spiro atoms. The molecule has 0 aliphatic carbocycles. The van der Waals surface area contributed by atoms with Gasteiger partial charge in [-0.1, -0.05) is 12.8 Å². The van der Waals surface area contributed by atoms with E-state index in [0.717, 1.165) is 26.2 Å². The molecule has 106 valence electrons. The SMILES string of the molecule is NC(=O)c1c(N)nsc1NCCN1CCCCCC1. The monoisotopic (exact) mass is 283 g/mol. The molecule has 1 aromatic rings. The highest BCUT2D eigenvalue weighted by atomic mass is 32.1. The Morgan fingerprint density at radius 2 is 2.00 bits per heavy atom. The minimum atomic E-state index is -0.525. The molecule has 0 aromatic carbocycles. The molecule has 0 bridgehead atoms. The van der Waals surface area contributed by atoms with Gasteiger partial charge in [-0.15, -0.1) is 0 Å². The lowest BCUT2D eigenvalue weighted by Gasteiger charge is -2.19. The minimum absolute atomic E-state index is 0.217. The summed E-state index contributed by atoms with van der Waals surface area (Å²) in [6, 6.07) is 0. The Labute approximate surface area is 117 Å².